The summed E-state index contributed by atoms with van der Waals surface area (Å²) < 4.78 is 25.2. The monoisotopic (exact) mass is 1490 g/mol. The van der Waals surface area contributed by atoms with Gasteiger partial charge < -0.3 is 49.7 Å². The molecule has 0 spiro atoms. The highest BCUT2D eigenvalue weighted by atomic mass is 16.6. The topological polar surface area (TPSA) is 254 Å². The Balaban J connectivity index is 0.00000992. The van der Waals surface area contributed by atoms with Gasteiger partial charge in [0.15, 0.2) is 10.8 Å². The van der Waals surface area contributed by atoms with E-state index in [0.717, 1.165) is 0 Å². The van der Waals surface area contributed by atoms with Crippen LogP contribution in [-0.4, -0.2) is 101 Å². The highest BCUT2D eigenvalue weighted by Gasteiger charge is 2.51. The van der Waals surface area contributed by atoms with Crippen molar-refractivity contribution < 1.29 is 57.3 Å². The number of allylic oxidation sites excluding steroid dienone is 6. The molecule has 4 amide bonds. The molecule has 0 fully saturated rings. The predicted molar refractivity (Wildman–Crippen MR) is 430 cm³/mol. The molecule has 112 heavy (non-hydrogen) atoms. The number of hydrogen-bond donors (Lipinski definition) is 4. The second-order valence-corrected chi connectivity index (χ2v) is 28.0. The van der Waals surface area contributed by atoms with Crippen molar-refractivity contribution >= 4 is 98.4 Å². The first kappa shape index (κ1) is 73.9. The third-order valence-corrected chi connectivity index (χ3v) is 21.2. The number of nitrogens with zero attached hydrogens (tertiary/aromatic N) is 4. The number of fused-ring (bicyclic) bond motifs is 20. The number of carbonyl (C=O) groups excluding carboxylic acids is 8. The number of amides is 4. The second kappa shape index (κ2) is 30.8. The fourth-order valence-corrected chi connectivity index (χ4v) is 16.2. The van der Waals surface area contributed by atoms with Gasteiger partial charge in [-0.05, 0) is 197 Å². The minimum absolute atomic E-state index is 0. The maximum Gasteiger partial charge on any atom is 0.324 e. The van der Waals surface area contributed by atoms with E-state index in [2.05, 4.69) is 42.9 Å². The van der Waals surface area contributed by atoms with Crippen molar-refractivity contribution in [2.75, 3.05) is 47.7 Å². The minimum atomic E-state index is -1.98. The van der Waals surface area contributed by atoms with E-state index in [1.54, 1.807) is 125 Å². The molecule has 7 aliphatic heterocycles. The van der Waals surface area contributed by atoms with Crippen molar-refractivity contribution in [2.24, 2.45) is 20.8 Å². The number of aromatic nitrogens is 1. The van der Waals surface area contributed by atoms with Crippen LogP contribution in [0.4, 0.5) is 22.7 Å². The van der Waals surface area contributed by atoms with E-state index in [-0.39, 0.29) is 88.5 Å². The van der Waals surface area contributed by atoms with Gasteiger partial charge in [-0.3, -0.25) is 43.3 Å². The molecule has 9 aromatic rings. The summed E-state index contributed by atoms with van der Waals surface area (Å²) in [5.74, 6) is -6.03. The summed E-state index contributed by atoms with van der Waals surface area (Å²) in [7, 11) is 0. The highest BCUT2D eigenvalue weighted by molar-refractivity contribution is 6.33. The van der Waals surface area contributed by atoms with Crippen LogP contribution in [0.1, 0.15) is 138 Å². The first-order valence-corrected chi connectivity index (χ1v) is 37.2. The lowest BCUT2D eigenvalue weighted by Crippen LogP contribution is -2.46. The van der Waals surface area contributed by atoms with Crippen LogP contribution in [0.5, 0.6) is 0 Å². The lowest BCUT2D eigenvalue weighted by molar-refractivity contribution is -0.173. The van der Waals surface area contributed by atoms with Crippen LogP contribution in [-0.2, 0) is 70.5 Å². The van der Waals surface area contributed by atoms with Crippen LogP contribution in [0.2, 0.25) is 0 Å². The summed E-state index contributed by atoms with van der Waals surface area (Å²) in [6, 6.07) is 60.5. The molecule has 20 nitrogen and oxygen atoms in total. The lowest BCUT2D eigenvalue weighted by atomic mass is 9.76. The first-order valence-electron chi connectivity index (χ1n) is 37.2. The largest absolute Gasteiger partial charge is 0.465 e. The van der Waals surface area contributed by atoms with Gasteiger partial charge >= 0.3 is 23.9 Å². The van der Waals surface area contributed by atoms with E-state index in [1.165, 1.54) is 0 Å². The quantitative estimate of drug-likeness (QED) is 0.0628. The summed E-state index contributed by atoms with van der Waals surface area (Å²) in [5.41, 5.74) is 8.91. The van der Waals surface area contributed by atoms with Crippen LogP contribution < -0.4 is 21.3 Å². The zero-order valence-corrected chi connectivity index (χ0v) is 61.3. The van der Waals surface area contributed by atoms with Gasteiger partial charge in [0.05, 0.1) is 79.3 Å². The lowest BCUT2D eigenvalue weighted by Gasteiger charge is -2.38. The second-order valence-electron chi connectivity index (χ2n) is 28.0. The Bertz CT molecular complexity index is 5670. The van der Waals surface area contributed by atoms with Crippen molar-refractivity contribution in [3.05, 3.63) is 338 Å². The molecule has 0 radical (unpaired) electrons. The van der Waals surface area contributed by atoms with E-state index in [0.29, 0.717) is 124 Å². The number of ether oxygens (including phenoxy) is 4. The van der Waals surface area contributed by atoms with E-state index in [4.69, 9.17) is 28.9 Å². The number of para-hydroxylation sites is 4. The molecule has 1 aromatic heterocycles. The molecule has 16 rings (SSSR count). The normalized spacial score (nSPS) is 19.6. The number of esters is 4. The van der Waals surface area contributed by atoms with Crippen LogP contribution in [0.15, 0.2) is 270 Å². The molecule has 20 heteroatoms. The molecule has 8 heterocycles. The Labute approximate surface area is 647 Å². The predicted octanol–water partition coefficient (Wildman–Crippen LogP) is 15.5. The molecule has 4 N–H and O–H groups in total. The molecule has 560 valence electrons. The van der Waals surface area contributed by atoms with Crippen LogP contribution in [0.25, 0.3) is 16.7 Å². The molecular weight excluding hydrogens is 1410 g/mol. The summed E-state index contributed by atoms with van der Waals surface area (Å²) in [6.45, 7) is 6.52. The fraction of sp³-hybridized carbons (Fsp3) is 0.196. The van der Waals surface area contributed by atoms with E-state index in [1.807, 2.05) is 133 Å². The summed E-state index contributed by atoms with van der Waals surface area (Å²) in [5, 5.41) is 13.1. The zero-order valence-electron chi connectivity index (χ0n) is 61.3. The Kier molecular flexibility index (Phi) is 20.3. The van der Waals surface area contributed by atoms with Crippen molar-refractivity contribution in [3.8, 4) is 0 Å². The van der Waals surface area contributed by atoms with E-state index < -0.39 is 70.3 Å². The molecule has 22 bridgehead atoms. The average Bonchev–Trinajstić information content (AvgIpc) is 1.56. The van der Waals surface area contributed by atoms with Crippen molar-refractivity contribution in [1.29, 1.82) is 0 Å². The Morgan fingerprint density at radius 3 is 1.20 bits per heavy atom. The number of nitrogens with one attached hydrogen (secondary N) is 4. The first-order chi connectivity index (χ1) is 54.1. The molecule has 0 aliphatic carbocycles. The highest BCUT2D eigenvalue weighted by Crippen LogP contribution is 2.49. The van der Waals surface area contributed by atoms with Gasteiger partial charge in [0.1, 0.15) is 0 Å². The maximum atomic E-state index is 15.4. The third-order valence-electron chi connectivity index (χ3n) is 21.2. The number of anilines is 4. The summed E-state index contributed by atoms with van der Waals surface area (Å²) >= 11 is 0. The van der Waals surface area contributed by atoms with Gasteiger partial charge in [0.25, 0.3) is 23.6 Å². The molecule has 2 atom stereocenters. The number of benzene rings is 8. The van der Waals surface area contributed by atoms with Crippen molar-refractivity contribution in [1.82, 2.24) is 9.47 Å². The molecule has 7 aliphatic rings. The summed E-state index contributed by atoms with van der Waals surface area (Å²) in [6.07, 6.45) is 11.1. The molecule has 2 unspecified atom stereocenters. The van der Waals surface area contributed by atoms with Crippen LogP contribution in [0, 0.1) is 10.8 Å². The van der Waals surface area contributed by atoms with Crippen LogP contribution >= 0.6 is 0 Å². The van der Waals surface area contributed by atoms with Gasteiger partial charge in [-0.15, -0.1) is 0 Å². The number of hydrogen-bond acceptors (Lipinski definition) is 15. The smallest absolute Gasteiger partial charge is 0.324 e. The van der Waals surface area contributed by atoms with Crippen molar-refractivity contribution in [3.63, 3.8) is 0 Å². The van der Waals surface area contributed by atoms with Gasteiger partial charge in [-0.2, -0.15) is 0 Å². The van der Waals surface area contributed by atoms with Gasteiger partial charge in [-0.1, -0.05) is 135 Å². The van der Waals surface area contributed by atoms with E-state index in [9.17, 15) is 19.2 Å². The number of carbonyl (C=O) groups is 8. The minimum Gasteiger partial charge on any atom is -0.465 e. The Morgan fingerprint density at radius 2 is 0.777 bits per heavy atom. The van der Waals surface area contributed by atoms with Crippen LogP contribution in [0.3, 0.4) is 0 Å². The van der Waals surface area contributed by atoms with E-state index >= 15 is 19.2 Å². The van der Waals surface area contributed by atoms with Crippen molar-refractivity contribution in [2.45, 2.75) is 79.4 Å². The average molecular weight is 1490 g/mol. The fourth-order valence-electron chi connectivity index (χ4n) is 16.2. The Morgan fingerprint density at radius 1 is 0.411 bits per heavy atom. The summed E-state index contributed by atoms with van der Waals surface area (Å²) in [4.78, 5) is 134. The molecule has 0 saturated heterocycles. The molecule has 0 saturated carbocycles. The SMILES string of the molecule is C.CCOC(=O)C1(C(=O)OCC)Cc2cccc(c2)C(=O)Nc2ccccc2/C2=C3\C=CC(=N3)/C3=C4/C=CC5C(C6=N/C(=C(/c7ccccc7NC(=O)c7cccc(c7)C1)c1ccc2n1CN45)C=C6)c1ccccc1NC(=O)c1cccc(c1)CC(C(=O)OCC)(C(=O)OCC)Cc1cccc(c1)C(=O)Nc1ccccc13. The maximum absolute atomic E-state index is 15.4. The van der Waals surface area contributed by atoms with Gasteiger partial charge in [0.2, 0.25) is 0 Å². The van der Waals surface area contributed by atoms with Gasteiger partial charge in [0, 0.05) is 84.1 Å². The Hall–Kier alpha value is -13.6. The number of rotatable bonds is 8. The molecular formula is C92H80N8O12. The number of aliphatic imine (C=N–C) groups is 2. The third kappa shape index (κ3) is 13.5. The standard InChI is InChI=1S/C91H76N8O12.CH4/c1-5-108-86(104)90(87(105)109-6-2)49-54-21-17-25-58(45-54)82(100)94-66-33-13-9-29-62(66)78-70-37-39-72(92-70)80-64-31-11-15-35-68(64)96-84(102)60-27-19-23-56(47-60)51-91(88(106)110-7-3,89(107)111-8-4)52-57-24-20-28-61(48-57)85(103)97-69-36-16-12-32-65(69)81-73-40-38-71(93-73)79(75-42-41-74(78)98(75)53-99-76(80)43-44-77(81)99)63-30-10-14-34-67(63)95-83(101)59-26-18-22-55(46-59)50-90;/h9-48,74,78H,5-8,49-53H2,1-4H3,(H,94,100)(H,95,101)(H,96,102)(H,97,103);1H4/b79-75-,80-72-,81-73-;. The van der Waals surface area contributed by atoms with Gasteiger partial charge in [-0.25, -0.2) is 4.99 Å². The molecule has 8 aromatic carbocycles. The zero-order chi connectivity index (χ0) is 76.7.